The summed E-state index contributed by atoms with van der Waals surface area (Å²) in [5.74, 6) is 0.0277. The molecule has 1 saturated heterocycles. The van der Waals surface area contributed by atoms with Gasteiger partial charge in [-0.25, -0.2) is 9.67 Å². The second-order valence-corrected chi connectivity index (χ2v) is 6.82. The normalized spacial score (nSPS) is 14.9. The topological polar surface area (TPSA) is 80.1 Å². The van der Waals surface area contributed by atoms with E-state index in [1.807, 2.05) is 48.2 Å². The second-order valence-electron chi connectivity index (χ2n) is 6.82. The predicted octanol–water partition coefficient (Wildman–Crippen LogP) is 2.89. The van der Waals surface area contributed by atoms with Gasteiger partial charge >= 0.3 is 0 Å². The molecule has 142 valence electrons. The van der Waals surface area contributed by atoms with Gasteiger partial charge in [0.2, 0.25) is 5.91 Å². The molecule has 3 aromatic rings. The number of rotatable bonds is 5. The molecule has 2 heterocycles. The Morgan fingerprint density at radius 2 is 1.79 bits per heavy atom. The molecule has 1 atom stereocenters. The highest BCUT2D eigenvalue weighted by atomic mass is 16.2. The molecular weight excluding hydrogens is 354 g/mol. The third-order valence-corrected chi connectivity index (χ3v) is 4.94. The van der Waals surface area contributed by atoms with Crippen LogP contribution in [0.25, 0.3) is 5.69 Å². The Balaban J connectivity index is 1.40. The van der Waals surface area contributed by atoms with Gasteiger partial charge in [-0.3, -0.25) is 9.59 Å². The molecule has 7 nitrogen and oxygen atoms in total. The van der Waals surface area contributed by atoms with Gasteiger partial charge in [-0.2, -0.15) is 5.10 Å². The molecule has 1 fully saturated rings. The smallest absolute Gasteiger partial charge is 0.251 e. The summed E-state index contributed by atoms with van der Waals surface area (Å²) in [7, 11) is 0. The van der Waals surface area contributed by atoms with E-state index in [1.165, 1.54) is 6.33 Å². The molecule has 2 aromatic carbocycles. The number of amides is 2. The zero-order chi connectivity index (χ0) is 19.5. The van der Waals surface area contributed by atoms with E-state index >= 15 is 0 Å². The van der Waals surface area contributed by atoms with Crippen molar-refractivity contribution >= 4 is 17.5 Å². The van der Waals surface area contributed by atoms with Crippen LogP contribution in [0.15, 0.2) is 61.2 Å². The van der Waals surface area contributed by atoms with Crippen molar-refractivity contribution in [2.45, 2.75) is 25.8 Å². The van der Waals surface area contributed by atoms with Gasteiger partial charge in [-0.15, -0.1) is 0 Å². The standard InChI is InChI=1S/C21H21N5O2/c1-15(16-4-8-18(9-5-16)25-12-2-3-20(25)27)24-21(28)17-6-10-19(11-7-17)26-14-22-13-23-26/h4-11,13-15H,2-3,12H2,1H3,(H,24,28). The van der Waals surface area contributed by atoms with Gasteiger partial charge in [-0.1, -0.05) is 12.1 Å². The molecule has 1 N–H and O–H groups in total. The van der Waals surface area contributed by atoms with Gasteiger partial charge in [0.25, 0.3) is 5.91 Å². The van der Waals surface area contributed by atoms with Gasteiger partial charge in [0.15, 0.2) is 0 Å². The molecule has 0 bridgehead atoms. The zero-order valence-electron chi connectivity index (χ0n) is 15.6. The predicted molar refractivity (Wildman–Crippen MR) is 105 cm³/mol. The minimum atomic E-state index is -0.147. The number of carbonyl (C=O) groups is 2. The Bertz CT molecular complexity index is 965. The van der Waals surface area contributed by atoms with Gasteiger partial charge in [0.05, 0.1) is 11.7 Å². The molecule has 0 spiro atoms. The Kier molecular flexibility index (Phi) is 4.89. The summed E-state index contributed by atoms with van der Waals surface area (Å²) in [6.07, 6.45) is 4.59. The van der Waals surface area contributed by atoms with Crippen LogP contribution in [0, 0.1) is 0 Å². The maximum absolute atomic E-state index is 12.5. The molecule has 0 aliphatic carbocycles. The van der Waals surface area contributed by atoms with E-state index in [-0.39, 0.29) is 17.9 Å². The number of benzene rings is 2. The zero-order valence-corrected chi connectivity index (χ0v) is 15.6. The Hall–Kier alpha value is -3.48. The average Bonchev–Trinajstić information content (AvgIpc) is 3.40. The van der Waals surface area contributed by atoms with Crippen molar-refractivity contribution in [1.29, 1.82) is 0 Å². The van der Waals surface area contributed by atoms with E-state index in [0.717, 1.165) is 29.9 Å². The SMILES string of the molecule is CC(NC(=O)c1ccc(-n2cncn2)cc1)c1ccc(N2CCCC2=O)cc1. The van der Waals surface area contributed by atoms with Crippen molar-refractivity contribution in [3.05, 3.63) is 72.3 Å². The highest BCUT2D eigenvalue weighted by Crippen LogP contribution is 2.23. The fourth-order valence-corrected chi connectivity index (χ4v) is 3.33. The summed E-state index contributed by atoms with van der Waals surface area (Å²) in [6, 6.07) is 14.8. The quantitative estimate of drug-likeness (QED) is 0.744. The average molecular weight is 375 g/mol. The number of anilines is 1. The summed E-state index contributed by atoms with van der Waals surface area (Å²) in [4.78, 5) is 30.1. The number of hydrogen-bond acceptors (Lipinski definition) is 4. The first kappa shape index (κ1) is 17.9. The number of nitrogens with one attached hydrogen (secondary N) is 1. The molecule has 2 amide bonds. The van der Waals surface area contributed by atoms with E-state index < -0.39 is 0 Å². The molecule has 1 aromatic heterocycles. The fraction of sp³-hybridized carbons (Fsp3) is 0.238. The minimum absolute atomic E-state index is 0.142. The molecule has 1 aliphatic heterocycles. The van der Waals surface area contributed by atoms with Crippen molar-refractivity contribution in [3.8, 4) is 5.69 Å². The lowest BCUT2D eigenvalue weighted by Crippen LogP contribution is -2.27. The summed E-state index contributed by atoms with van der Waals surface area (Å²) in [5.41, 5.74) is 3.32. The summed E-state index contributed by atoms with van der Waals surface area (Å²) >= 11 is 0. The highest BCUT2D eigenvalue weighted by molar-refractivity contribution is 5.95. The van der Waals surface area contributed by atoms with Gasteiger partial charge in [0.1, 0.15) is 12.7 Å². The number of aromatic nitrogens is 3. The van der Waals surface area contributed by atoms with Crippen LogP contribution in [0.4, 0.5) is 5.69 Å². The largest absolute Gasteiger partial charge is 0.346 e. The van der Waals surface area contributed by atoms with E-state index in [4.69, 9.17) is 0 Å². The van der Waals surface area contributed by atoms with Gasteiger partial charge in [0, 0.05) is 24.2 Å². The summed E-state index contributed by atoms with van der Waals surface area (Å²) in [6.45, 7) is 2.72. The van der Waals surface area contributed by atoms with E-state index in [9.17, 15) is 9.59 Å². The molecule has 7 heteroatoms. The van der Waals surface area contributed by atoms with Crippen LogP contribution in [-0.2, 0) is 4.79 Å². The minimum Gasteiger partial charge on any atom is -0.346 e. The van der Waals surface area contributed by atoms with Crippen LogP contribution in [0.2, 0.25) is 0 Å². The number of hydrogen-bond donors (Lipinski definition) is 1. The van der Waals surface area contributed by atoms with Crippen molar-refractivity contribution in [2.75, 3.05) is 11.4 Å². The van der Waals surface area contributed by atoms with Gasteiger partial charge < -0.3 is 10.2 Å². The van der Waals surface area contributed by atoms with E-state index in [2.05, 4.69) is 15.4 Å². The van der Waals surface area contributed by atoms with Crippen molar-refractivity contribution < 1.29 is 9.59 Å². The Morgan fingerprint density at radius 3 is 2.39 bits per heavy atom. The first-order valence-electron chi connectivity index (χ1n) is 9.28. The van der Waals surface area contributed by atoms with Crippen molar-refractivity contribution in [3.63, 3.8) is 0 Å². The Labute approximate surface area is 163 Å². The number of nitrogens with zero attached hydrogens (tertiary/aromatic N) is 4. The molecule has 0 saturated carbocycles. The van der Waals surface area contributed by atoms with Crippen LogP contribution >= 0.6 is 0 Å². The lowest BCUT2D eigenvalue weighted by Gasteiger charge is -2.18. The second kappa shape index (κ2) is 7.64. The van der Waals surface area contributed by atoms with Crippen LogP contribution in [-0.4, -0.2) is 33.1 Å². The molecule has 1 aliphatic rings. The van der Waals surface area contributed by atoms with Crippen molar-refractivity contribution in [2.24, 2.45) is 0 Å². The fourth-order valence-electron chi connectivity index (χ4n) is 3.33. The van der Waals surface area contributed by atoms with Crippen LogP contribution in [0.3, 0.4) is 0 Å². The first-order valence-corrected chi connectivity index (χ1v) is 9.28. The first-order chi connectivity index (χ1) is 13.6. The molecule has 28 heavy (non-hydrogen) atoms. The lowest BCUT2D eigenvalue weighted by atomic mass is 10.1. The molecule has 4 rings (SSSR count). The summed E-state index contributed by atoms with van der Waals surface area (Å²) in [5, 5.41) is 7.08. The maximum Gasteiger partial charge on any atom is 0.251 e. The van der Waals surface area contributed by atoms with E-state index in [1.54, 1.807) is 23.1 Å². The lowest BCUT2D eigenvalue weighted by molar-refractivity contribution is -0.117. The third-order valence-electron chi connectivity index (χ3n) is 4.94. The van der Waals surface area contributed by atoms with Crippen molar-refractivity contribution in [1.82, 2.24) is 20.1 Å². The maximum atomic E-state index is 12.5. The summed E-state index contributed by atoms with van der Waals surface area (Å²) < 4.78 is 1.64. The molecule has 1 unspecified atom stereocenters. The molecular formula is C21H21N5O2. The third kappa shape index (κ3) is 3.64. The van der Waals surface area contributed by atoms with Crippen LogP contribution < -0.4 is 10.2 Å². The van der Waals surface area contributed by atoms with Crippen LogP contribution in [0.1, 0.15) is 41.7 Å². The molecule has 0 radical (unpaired) electrons. The Morgan fingerprint density at radius 1 is 1.07 bits per heavy atom. The number of carbonyl (C=O) groups excluding carboxylic acids is 2. The monoisotopic (exact) mass is 375 g/mol. The van der Waals surface area contributed by atoms with Gasteiger partial charge in [-0.05, 0) is 55.3 Å². The van der Waals surface area contributed by atoms with Crippen LogP contribution in [0.5, 0.6) is 0 Å². The highest BCUT2D eigenvalue weighted by Gasteiger charge is 2.21. The van der Waals surface area contributed by atoms with E-state index in [0.29, 0.717) is 12.0 Å².